The molecule has 0 radical (unpaired) electrons. The highest BCUT2D eigenvalue weighted by Crippen LogP contribution is 2.34. The number of aliphatic hydroxyl groups excluding tert-OH is 1. The molecule has 3 rings (SSSR count). The number of rotatable bonds is 5. The van der Waals surface area contributed by atoms with E-state index in [9.17, 15) is 9.90 Å². The second-order valence-corrected chi connectivity index (χ2v) is 7.40. The number of aliphatic hydroxyl groups is 1. The number of amides is 2. The molecule has 1 atom stereocenters. The van der Waals surface area contributed by atoms with Crippen LogP contribution in [-0.2, 0) is 6.42 Å². The maximum atomic E-state index is 13.0. The summed E-state index contributed by atoms with van der Waals surface area (Å²) in [4.78, 5) is 17.3. The molecule has 1 aromatic rings. The number of carbonyl (C=O) groups is 1. The Bertz CT molecular complexity index is 570. The van der Waals surface area contributed by atoms with Crippen LogP contribution in [0.2, 0.25) is 0 Å². The van der Waals surface area contributed by atoms with E-state index in [4.69, 9.17) is 0 Å². The molecular weight excluding hydrogens is 314 g/mol. The Morgan fingerprint density at radius 2 is 2.04 bits per heavy atom. The molecule has 1 aliphatic carbocycles. The van der Waals surface area contributed by atoms with Crippen LogP contribution in [0.5, 0.6) is 0 Å². The van der Waals surface area contributed by atoms with Gasteiger partial charge in [0.25, 0.3) is 0 Å². The van der Waals surface area contributed by atoms with Gasteiger partial charge in [-0.15, -0.1) is 0 Å². The minimum Gasteiger partial charge on any atom is -0.396 e. The Morgan fingerprint density at radius 1 is 1.28 bits per heavy atom. The summed E-state index contributed by atoms with van der Waals surface area (Å²) in [5.41, 5.74) is 2.64. The summed E-state index contributed by atoms with van der Waals surface area (Å²) in [6, 6.07) is 8.91. The molecule has 0 saturated carbocycles. The molecule has 2 N–H and O–H groups in total. The second-order valence-electron chi connectivity index (χ2n) is 7.40. The topological polar surface area (TPSA) is 55.8 Å². The van der Waals surface area contributed by atoms with Crippen LogP contribution in [-0.4, -0.2) is 60.3 Å². The quantitative estimate of drug-likeness (QED) is 0.862. The van der Waals surface area contributed by atoms with E-state index >= 15 is 0 Å². The van der Waals surface area contributed by atoms with Crippen molar-refractivity contribution in [2.24, 2.45) is 0 Å². The van der Waals surface area contributed by atoms with Crippen LogP contribution in [0.3, 0.4) is 0 Å². The molecule has 0 bridgehead atoms. The Balaban J connectivity index is 1.72. The van der Waals surface area contributed by atoms with E-state index in [1.807, 2.05) is 4.90 Å². The fraction of sp³-hybridized carbons (Fsp3) is 0.650. The molecule has 25 heavy (non-hydrogen) atoms. The third-order valence-electron chi connectivity index (χ3n) is 5.58. The van der Waals surface area contributed by atoms with Gasteiger partial charge in [0, 0.05) is 19.2 Å². The maximum absolute atomic E-state index is 13.0. The number of fused-ring (bicyclic) bond motifs is 1. The smallest absolute Gasteiger partial charge is 0.318 e. The summed E-state index contributed by atoms with van der Waals surface area (Å²) in [6.07, 6.45) is 5.85. The van der Waals surface area contributed by atoms with Gasteiger partial charge >= 0.3 is 6.03 Å². The second kappa shape index (κ2) is 8.68. The summed E-state index contributed by atoms with van der Waals surface area (Å²) in [5, 5.41) is 12.5. The molecule has 0 spiro atoms. The van der Waals surface area contributed by atoms with Gasteiger partial charge in [-0.05, 0) is 69.8 Å². The number of aryl methyl sites for hydroxylation is 1. The Labute approximate surface area is 151 Å². The summed E-state index contributed by atoms with van der Waals surface area (Å²) in [5.74, 6) is 0. The molecule has 1 aliphatic heterocycles. The van der Waals surface area contributed by atoms with E-state index in [0.717, 1.165) is 45.2 Å². The van der Waals surface area contributed by atoms with Crippen molar-refractivity contribution in [3.05, 3.63) is 35.4 Å². The first-order chi connectivity index (χ1) is 12.2. The lowest BCUT2D eigenvalue weighted by Gasteiger charge is -2.38. The van der Waals surface area contributed by atoms with Crippen molar-refractivity contribution in [3.63, 3.8) is 0 Å². The highest BCUT2D eigenvalue weighted by molar-refractivity contribution is 5.75. The van der Waals surface area contributed by atoms with Gasteiger partial charge in [-0.1, -0.05) is 24.3 Å². The monoisotopic (exact) mass is 345 g/mol. The van der Waals surface area contributed by atoms with Gasteiger partial charge in [0.2, 0.25) is 0 Å². The highest BCUT2D eigenvalue weighted by Gasteiger charge is 2.30. The minimum atomic E-state index is 0.0321. The van der Waals surface area contributed by atoms with E-state index in [1.54, 1.807) is 0 Å². The van der Waals surface area contributed by atoms with Gasteiger partial charge in [-0.25, -0.2) is 4.79 Å². The average Bonchev–Trinajstić information content (AvgIpc) is 2.64. The number of urea groups is 1. The van der Waals surface area contributed by atoms with Crippen LogP contribution in [0.1, 0.15) is 49.3 Å². The van der Waals surface area contributed by atoms with E-state index in [-0.39, 0.29) is 24.7 Å². The van der Waals surface area contributed by atoms with E-state index in [0.29, 0.717) is 13.0 Å². The fourth-order valence-electron chi connectivity index (χ4n) is 4.10. The lowest BCUT2D eigenvalue weighted by molar-refractivity contribution is 0.148. The van der Waals surface area contributed by atoms with Crippen LogP contribution in [0.15, 0.2) is 24.3 Å². The normalized spacial score (nSPS) is 21.6. The van der Waals surface area contributed by atoms with Crippen LogP contribution >= 0.6 is 0 Å². The van der Waals surface area contributed by atoms with Crippen molar-refractivity contribution >= 4 is 6.03 Å². The van der Waals surface area contributed by atoms with Gasteiger partial charge in [-0.3, -0.25) is 0 Å². The first-order valence-corrected chi connectivity index (χ1v) is 9.63. The van der Waals surface area contributed by atoms with Crippen molar-refractivity contribution in [2.75, 3.05) is 33.3 Å². The summed E-state index contributed by atoms with van der Waals surface area (Å²) in [6.45, 7) is 2.79. The molecule has 1 fully saturated rings. The molecule has 2 amide bonds. The zero-order valence-corrected chi connectivity index (χ0v) is 15.3. The fourth-order valence-corrected chi connectivity index (χ4v) is 4.10. The zero-order chi connectivity index (χ0) is 17.6. The summed E-state index contributed by atoms with van der Waals surface area (Å²) < 4.78 is 0. The highest BCUT2D eigenvalue weighted by atomic mass is 16.3. The molecule has 5 nitrogen and oxygen atoms in total. The summed E-state index contributed by atoms with van der Waals surface area (Å²) in [7, 11) is 2.13. The zero-order valence-electron chi connectivity index (χ0n) is 15.3. The summed E-state index contributed by atoms with van der Waals surface area (Å²) >= 11 is 0. The lowest BCUT2D eigenvalue weighted by atomic mass is 9.87. The SMILES string of the molecule is CN1CCC(NC(=O)N(CCCO)C2CCCc3ccccc32)CC1. The minimum absolute atomic E-state index is 0.0321. The predicted octanol–water partition coefficient (Wildman–Crippen LogP) is 2.55. The number of piperidine rings is 1. The first-order valence-electron chi connectivity index (χ1n) is 9.63. The van der Waals surface area contributed by atoms with Crippen molar-refractivity contribution < 1.29 is 9.90 Å². The molecule has 1 heterocycles. The Hall–Kier alpha value is -1.59. The lowest BCUT2D eigenvalue weighted by Crippen LogP contribution is -2.50. The molecule has 1 unspecified atom stereocenters. The van der Waals surface area contributed by atoms with Crippen molar-refractivity contribution in [2.45, 2.75) is 50.6 Å². The number of hydrogen-bond acceptors (Lipinski definition) is 3. The van der Waals surface area contributed by atoms with Gasteiger partial charge in [0.15, 0.2) is 0 Å². The van der Waals surface area contributed by atoms with E-state index < -0.39 is 0 Å². The number of benzene rings is 1. The first kappa shape index (κ1) is 18.2. The molecule has 1 aromatic carbocycles. The largest absolute Gasteiger partial charge is 0.396 e. The molecule has 0 aromatic heterocycles. The molecular formula is C20H31N3O2. The van der Waals surface area contributed by atoms with Gasteiger partial charge in [-0.2, -0.15) is 0 Å². The van der Waals surface area contributed by atoms with Crippen LogP contribution in [0.25, 0.3) is 0 Å². The molecule has 5 heteroatoms. The van der Waals surface area contributed by atoms with E-state index in [1.165, 1.54) is 11.1 Å². The number of hydrogen-bond donors (Lipinski definition) is 2. The Kier molecular flexibility index (Phi) is 6.32. The number of nitrogens with zero attached hydrogens (tertiary/aromatic N) is 2. The third kappa shape index (κ3) is 4.53. The standard InChI is InChI=1S/C20H31N3O2/c1-22-13-10-17(11-14-22)21-20(25)23(12-5-15-24)19-9-4-7-16-6-2-3-8-18(16)19/h2-3,6,8,17,19,24H,4-5,7,9-15H2,1H3,(H,21,25). The average molecular weight is 345 g/mol. The van der Waals surface area contributed by atoms with Crippen molar-refractivity contribution in [1.82, 2.24) is 15.1 Å². The molecule has 138 valence electrons. The van der Waals surface area contributed by atoms with Crippen molar-refractivity contribution in [1.29, 1.82) is 0 Å². The van der Waals surface area contributed by atoms with Crippen LogP contribution in [0.4, 0.5) is 4.79 Å². The third-order valence-corrected chi connectivity index (χ3v) is 5.58. The maximum Gasteiger partial charge on any atom is 0.318 e. The van der Waals surface area contributed by atoms with Gasteiger partial charge < -0.3 is 20.2 Å². The predicted molar refractivity (Wildman–Crippen MR) is 99.6 cm³/mol. The van der Waals surface area contributed by atoms with E-state index in [2.05, 4.69) is 41.5 Å². The number of nitrogens with one attached hydrogen (secondary N) is 1. The van der Waals surface area contributed by atoms with Crippen molar-refractivity contribution in [3.8, 4) is 0 Å². The Morgan fingerprint density at radius 3 is 2.80 bits per heavy atom. The number of likely N-dealkylation sites (tertiary alicyclic amines) is 1. The molecule has 2 aliphatic rings. The van der Waals surface area contributed by atoms with Gasteiger partial charge in [0.1, 0.15) is 0 Å². The van der Waals surface area contributed by atoms with Gasteiger partial charge in [0.05, 0.1) is 6.04 Å². The molecule has 1 saturated heterocycles. The number of carbonyl (C=O) groups excluding carboxylic acids is 1. The van der Waals surface area contributed by atoms with Crippen LogP contribution in [0, 0.1) is 0 Å². The van der Waals surface area contributed by atoms with Crippen LogP contribution < -0.4 is 5.32 Å².